The van der Waals surface area contributed by atoms with Crippen molar-refractivity contribution in [3.63, 3.8) is 0 Å². The molecule has 0 spiro atoms. The smallest absolute Gasteiger partial charge is 0.266 e. The molecule has 0 atom stereocenters. The van der Waals surface area contributed by atoms with Crippen LogP contribution in [0.3, 0.4) is 0 Å². The van der Waals surface area contributed by atoms with E-state index in [1.54, 1.807) is 23.0 Å². The molecule has 11 heavy (non-hydrogen) atoms. The van der Waals surface area contributed by atoms with Gasteiger partial charge < -0.3 is 0 Å². The molecule has 0 aliphatic carbocycles. The number of rotatable bonds is 0. The average molecular weight is 214 g/mol. The minimum Gasteiger partial charge on any atom is -0.291 e. The summed E-state index contributed by atoms with van der Waals surface area (Å²) >= 11 is 3.11. The molecular weight excluding hydrogens is 210 g/mol. The monoisotopic (exact) mass is 213 g/mol. The number of fused-ring (bicyclic) bond motifs is 1. The summed E-state index contributed by atoms with van der Waals surface area (Å²) in [6.45, 7) is 0. The van der Waals surface area contributed by atoms with Crippen LogP contribution >= 0.6 is 15.9 Å². The van der Waals surface area contributed by atoms with Gasteiger partial charge in [0.1, 0.15) is 0 Å². The first-order chi connectivity index (χ1) is 5.27. The Morgan fingerprint density at radius 2 is 2.45 bits per heavy atom. The van der Waals surface area contributed by atoms with Gasteiger partial charge in [0, 0.05) is 18.6 Å². The third-order valence-electron chi connectivity index (χ3n) is 1.36. The molecule has 2 heterocycles. The third kappa shape index (κ3) is 0.970. The first-order valence-corrected chi connectivity index (χ1v) is 3.78. The van der Waals surface area contributed by atoms with E-state index in [2.05, 4.69) is 25.9 Å². The van der Waals surface area contributed by atoms with Crippen molar-refractivity contribution in [3.05, 3.63) is 33.4 Å². The minimum atomic E-state index is -0.163. The lowest BCUT2D eigenvalue weighted by molar-refractivity contribution is 1.06. The van der Waals surface area contributed by atoms with Gasteiger partial charge in [-0.15, -0.1) is 0 Å². The van der Waals surface area contributed by atoms with E-state index in [-0.39, 0.29) is 5.56 Å². The quantitative estimate of drug-likeness (QED) is 0.704. The highest BCUT2D eigenvalue weighted by Gasteiger charge is 1.97. The normalized spacial score (nSPS) is 10.6. The standard InChI is InChI=1S/C6H4BrN3O/c7-4-3-10-2-1-8-6(10)9-5(4)11/h1-3H,(H,8,9,11). The topological polar surface area (TPSA) is 50.2 Å². The van der Waals surface area contributed by atoms with Crippen molar-refractivity contribution in [2.24, 2.45) is 0 Å². The molecule has 0 aliphatic rings. The molecule has 2 aromatic heterocycles. The van der Waals surface area contributed by atoms with Gasteiger partial charge >= 0.3 is 0 Å². The summed E-state index contributed by atoms with van der Waals surface area (Å²) < 4.78 is 2.23. The number of aromatic amines is 1. The van der Waals surface area contributed by atoms with E-state index >= 15 is 0 Å². The van der Waals surface area contributed by atoms with Gasteiger partial charge in [0.05, 0.1) is 4.47 Å². The molecule has 5 heteroatoms. The number of halogens is 1. The summed E-state index contributed by atoms with van der Waals surface area (Å²) in [5, 5.41) is 0. The van der Waals surface area contributed by atoms with Crippen molar-refractivity contribution in [3.8, 4) is 0 Å². The second-order valence-electron chi connectivity index (χ2n) is 2.09. The largest absolute Gasteiger partial charge is 0.291 e. The number of hydrogen-bond donors (Lipinski definition) is 1. The minimum absolute atomic E-state index is 0.163. The molecule has 2 rings (SSSR count). The van der Waals surface area contributed by atoms with Gasteiger partial charge in [0.2, 0.25) is 5.78 Å². The lowest BCUT2D eigenvalue weighted by Gasteiger charge is -1.91. The molecule has 0 aliphatic heterocycles. The van der Waals surface area contributed by atoms with Gasteiger partial charge in [-0.1, -0.05) is 0 Å². The molecule has 2 aromatic rings. The van der Waals surface area contributed by atoms with Crippen molar-refractivity contribution >= 4 is 21.7 Å². The van der Waals surface area contributed by atoms with Gasteiger partial charge in [0.15, 0.2) is 0 Å². The second-order valence-corrected chi connectivity index (χ2v) is 2.94. The fourth-order valence-corrected chi connectivity index (χ4v) is 1.18. The zero-order chi connectivity index (χ0) is 7.84. The molecule has 0 fully saturated rings. The molecule has 0 saturated carbocycles. The molecule has 0 bridgehead atoms. The summed E-state index contributed by atoms with van der Waals surface area (Å²) in [5.74, 6) is 0.554. The average Bonchev–Trinajstić information content (AvgIpc) is 2.36. The zero-order valence-corrected chi connectivity index (χ0v) is 7.00. The first-order valence-electron chi connectivity index (χ1n) is 2.99. The highest BCUT2D eigenvalue weighted by molar-refractivity contribution is 9.10. The van der Waals surface area contributed by atoms with Gasteiger partial charge in [-0.2, -0.15) is 0 Å². The Bertz CT molecular complexity index is 444. The predicted molar refractivity (Wildman–Crippen MR) is 43.5 cm³/mol. The van der Waals surface area contributed by atoms with Crippen molar-refractivity contribution in [1.29, 1.82) is 0 Å². The van der Waals surface area contributed by atoms with E-state index in [0.29, 0.717) is 10.3 Å². The molecule has 4 nitrogen and oxygen atoms in total. The predicted octanol–water partition coefficient (Wildman–Crippen LogP) is 0.785. The van der Waals surface area contributed by atoms with E-state index in [1.165, 1.54) is 0 Å². The molecule has 0 unspecified atom stereocenters. The molecule has 0 amide bonds. The van der Waals surface area contributed by atoms with E-state index in [4.69, 9.17) is 0 Å². The van der Waals surface area contributed by atoms with E-state index in [9.17, 15) is 4.79 Å². The number of nitrogens with one attached hydrogen (secondary N) is 1. The lowest BCUT2D eigenvalue weighted by atomic mass is 10.6. The van der Waals surface area contributed by atoms with Gasteiger partial charge in [-0.3, -0.25) is 14.2 Å². The zero-order valence-electron chi connectivity index (χ0n) is 5.41. The van der Waals surface area contributed by atoms with E-state index in [0.717, 1.165) is 0 Å². The van der Waals surface area contributed by atoms with Crippen molar-refractivity contribution in [1.82, 2.24) is 14.4 Å². The van der Waals surface area contributed by atoms with Gasteiger partial charge in [-0.25, -0.2) is 4.98 Å². The second kappa shape index (κ2) is 2.20. The maximum absolute atomic E-state index is 11.0. The first kappa shape index (κ1) is 6.60. The van der Waals surface area contributed by atoms with Crippen LogP contribution in [0.15, 0.2) is 27.9 Å². The Morgan fingerprint density at radius 3 is 3.27 bits per heavy atom. The number of hydrogen-bond acceptors (Lipinski definition) is 2. The molecule has 1 N–H and O–H groups in total. The summed E-state index contributed by atoms with van der Waals surface area (Å²) in [7, 11) is 0. The van der Waals surface area contributed by atoms with Gasteiger partial charge in [0.25, 0.3) is 5.56 Å². The van der Waals surface area contributed by atoms with Gasteiger partial charge in [-0.05, 0) is 15.9 Å². The molecule has 56 valence electrons. The molecule has 0 radical (unpaired) electrons. The van der Waals surface area contributed by atoms with Crippen LogP contribution in [0.2, 0.25) is 0 Å². The number of imidazole rings is 1. The Kier molecular flexibility index (Phi) is 1.32. The van der Waals surface area contributed by atoms with Crippen LogP contribution in [0.4, 0.5) is 0 Å². The number of H-pyrrole nitrogens is 1. The van der Waals surface area contributed by atoms with Crippen molar-refractivity contribution in [2.75, 3.05) is 0 Å². The van der Waals surface area contributed by atoms with Crippen LogP contribution in [0.25, 0.3) is 5.78 Å². The molecule has 0 saturated heterocycles. The van der Waals surface area contributed by atoms with Crippen LogP contribution < -0.4 is 5.56 Å². The fraction of sp³-hybridized carbons (Fsp3) is 0. The van der Waals surface area contributed by atoms with Crippen LogP contribution in [-0.4, -0.2) is 14.4 Å². The SMILES string of the molecule is O=c1[nH]c2nccn2cc1Br. The summed E-state index contributed by atoms with van der Waals surface area (Å²) in [6, 6.07) is 0. The Labute approximate surface area is 70.0 Å². The Balaban J connectivity index is 2.97. The van der Waals surface area contributed by atoms with Crippen LogP contribution in [0.1, 0.15) is 0 Å². The highest BCUT2D eigenvalue weighted by Crippen LogP contribution is 2.01. The summed E-state index contributed by atoms with van der Waals surface area (Å²) in [4.78, 5) is 17.5. The lowest BCUT2D eigenvalue weighted by Crippen LogP contribution is -2.08. The van der Waals surface area contributed by atoms with Crippen LogP contribution in [-0.2, 0) is 0 Å². The van der Waals surface area contributed by atoms with E-state index < -0.39 is 0 Å². The maximum atomic E-state index is 11.0. The third-order valence-corrected chi connectivity index (χ3v) is 1.93. The summed E-state index contributed by atoms with van der Waals surface area (Å²) in [5.41, 5.74) is -0.163. The molecular formula is C6H4BrN3O. The Morgan fingerprint density at radius 1 is 1.64 bits per heavy atom. The Hall–Kier alpha value is -1.10. The van der Waals surface area contributed by atoms with Crippen LogP contribution in [0, 0.1) is 0 Å². The number of nitrogens with zero attached hydrogens (tertiary/aromatic N) is 2. The van der Waals surface area contributed by atoms with Crippen molar-refractivity contribution in [2.45, 2.75) is 0 Å². The molecule has 0 aromatic carbocycles. The maximum Gasteiger partial charge on any atom is 0.266 e. The highest BCUT2D eigenvalue weighted by atomic mass is 79.9. The fourth-order valence-electron chi connectivity index (χ4n) is 0.856. The summed E-state index contributed by atoms with van der Waals surface area (Å²) in [6.07, 6.45) is 5.05. The van der Waals surface area contributed by atoms with Crippen molar-refractivity contribution < 1.29 is 0 Å². The van der Waals surface area contributed by atoms with Crippen LogP contribution in [0.5, 0.6) is 0 Å². The number of aromatic nitrogens is 3. The van der Waals surface area contributed by atoms with E-state index in [1.807, 2.05) is 0 Å².